The number of carbonyl (C=O) groups excluding carboxylic acids is 1. The van der Waals surface area contributed by atoms with Crippen molar-refractivity contribution in [3.63, 3.8) is 0 Å². The monoisotopic (exact) mass is 470 g/mol. The van der Waals surface area contributed by atoms with Gasteiger partial charge in [0.2, 0.25) is 6.79 Å². The molecule has 0 bridgehead atoms. The number of nitrogens with zero attached hydrogens (tertiary/aromatic N) is 4. The van der Waals surface area contributed by atoms with Gasteiger partial charge in [-0.3, -0.25) is 9.69 Å². The number of fused-ring (bicyclic) bond motifs is 2. The van der Waals surface area contributed by atoms with Gasteiger partial charge in [-0.25, -0.2) is 4.98 Å². The lowest BCUT2D eigenvalue weighted by atomic mass is 10.1. The molecule has 4 aromatic rings. The third-order valence-electron chi connectivity index (χ3n) is 6.40. The number of imidazole rings is 1. The molecule has 0 spiro atoms. The summed E-state index contributed by atoms with van der Waals surface area (Å²) in [6, 6.07) is 19.3. The lowest BCUT2D eigenvalue weighted by Gasteiger charge is -2.34. The maximum absolute atomic E-state index is 13.0. The largest absolute Gasteiger partial charge is 0.487 e. The summed E-state index contributed by atoms with van der Waals surface area (Å²) in [5.41, 5.74) is 3.61. The first-order valence-corrected chi connectivity index (χ1v) is 11.8. The van der Waals surface area contributed by atoms with Gasteiger partial charge in [-0.05, 0) is 54.1 Å². The van der Waals surface area contributed by atoms with Crippen LogP contribution in [-0.4, -0.2) is 58.1 Å². The van der Waals surface area contributed by atoms with Crippen molar-refractivity contribution in [2.45, 2.75) is 13.2 Å². The number of piperazine rings is 1. The minimum Gasteiger partial charge on any atom is -0.487 e. The van der Waals surface area contributed by atoms with Crippen LogP contribution in [0.25, 0.3) is 5.65 Å². The van der Waals surface area contributed by atoms with Crippen molar-refractivity contribution in [3.8, 4) is 17.2 Å². The number of aromatic nitrogens is 2. The molecule has 2 aromatic carbocycles. The van der Waals surface area contributed by atoms with Crippen LogP contribution in [0.5, 0.6) is 17.2 Å². The molecule has 35 heavy (non-hydrogen) atoms. The molecule has 0 atom stereocenters. The third-order valence-corrected chi connectivity index (χ3v) is 6.40. The lowest BCUT2D eigenvalue weighted by Crippen LogP contribution is -2.48. The normalized spacial score (nSPS) is 15.5. The van der Waals surface area contributed by atoms with E-state index >= 15 is 0 Å². The zero-order chi connectivity index (χ0) is 23.6. The molecule has 8 heteroatoms. The molecule has 1 fully saturated rings. The van der Waals surface area contributed by atoms with Gasteiger partial charge >= 0.3 is 0 Å². The van der Waals surface area contributed by atoms with Crippen LogP contribution >= 0.6 is 0 Å². The Kier molecular flexibility index (Phi) is 5.71. The third kappa shape index (κ3) is 4.65. The number of hydrogen-bond donors (Lipinski definition) is 0. The van der Waals surface area contributed by atoms with Gasteiger partial charge in [0, 0.05) is 50.7 Å². The summed E-state index contributed by atoms with van der Waals surface area (Å²) in [6.45, 7) is 4.57. The molecule has 0 N–H and O–H groups in total. The smallest absolute Gasteiger partial charge is 0.253 e. The van der Waals surface area contributed by atoms with E-state index < -0.39 is 0 Å². The molecule has 8 nitrogen and oxygen atoms in total. The van der Waals surface area contributed by atoms with Crippen molar-refractivity contribution in [2.75, 3.05) is 33.0 Å². The van der Waals surface area contributed by atoms with E-state index in [1.807, 2.05) is 76.3 Å². The minimum atomic E-state index is 0.0552. The molecular formula is C27H26N4O4. The van der Waals surface area contributed by atoms with Crippen molar-refractivity contribution < 1.29 is 19.0 Å². The second-order valence-corrected chi connectivity index (χ2v) is 8.77. The molecule has 6 rings (SSSR count). The maximum Gasteiger partial charge on any atom is 0.253 e. The van der Waals surface area contributed by atoms with Crippen molar-refractivity contribution in [2.24, 2.45) is 0 Å². The van der Waals surface area contributed by atoms with E-state index in [4.69, 9.17) is 14.2 Å². The highest BCUT2D eigenvalue weighted by atomic mass is 16.7. The molecule has 2 aliphatic heterocycles. The summed E-state index contributed by atoms with van der Waals surface area (Å²) in [6.07, 6.45) is 3.92. The molecule has 0 aliphatic carbocycles. The highest BCUT2D eigenvalue weighted by Gasteiger charge is 2.23. The SMILES string of the molecule is O=C(c1ccc(OCc2cn3ccccc3n2)cc1)N1CCN(Cc2ccc3c(c2)OCO3)CC1. The highest BCUT2D eigenvalue weighted by molar-refractivity contribution is 5.94. The highest BCUT2D eigenvalue weighted by Crippen LogP contribution is 2.32. The maximum atomic E-state index is 13.0. The van der Waals surface area contributed by atoms with E-state index in [1.54, 1.807) is 0 Å². The lowest BCUT2D eigenvalue weighted by molar-refractivity contribution is 0.0628. The zero-order valence-corrected chi connectivity index (χ0v) is 19.3. The van der Waals surface area contributed by atoms with Gasteiger partial charge in [0.05, 0.1) is 5.69 Å². The van der Waals surface area contributed by atoms with Gasteiger partial charge in [0.15, 0.2) is 11.5 Å². The zero-order valence-electron chi connectivity index (χ0n) is 19.3. The van der Waals surface area contributed by atoms with Crippen molar-refractivity contribution in [3.05, 3.63) is 89.9 Å². The van der Waals surface area contributed by atoms with E-state index in [-0.39, 0.29) is 12.7 Å². The molecule has 0 unspecified atom stereocenters. The fraction of sp³-hybridized carbons (Fsp3) is 0.259. The van der Waals surface area contributed by atoms with Crippen molar-refractivity contribution >= 4 is 11.6 Å². The molecule has 0 saturated carbocycles. The molecular weight excluding hydrogens is 444 g/mol. The van der Waals surface area contributed by atoms with E-state index in [0.717, 1.165) is 42.5 Å². The van der Waals surface area contributed by atoms with Crippen LogP contribution in [-0.2, 0) is 13.2 Å². The van der Waals surface area contributed by atoms with Gasteiger partial charge in [-0.2, -0.15) is 0 Å². The first-order valence-electron chi connectivity index (χ1n) is 11.8. The fourth-order valence-electron chi connectivity index (χ4n) is 4.50. The molecule has 0 radical (unpaired) electrons. The first kappa shape index (κ1) is 21.5. The van der Waals surface area contributed by atoms with E-state index in [9.17, 15) is 4.79 Å². The molecule has 4 heterocycles. The Bertz CT molecular complexity index is 1310. The van der Waals surface area contributed by atoms with Crippen LogP contribution in [0.2, 0.25) is 0 Å². The Labute approximate surface area is 203 Å². The number of carbonyl (C=O) groups is 1. The summed E-state index contributed by atoms with van der Waals surface area (Å²) in [5.74, 6) is 2.38. The number of ether oxygens (including phenoxy) is 3. The van der Waals surface area contributed by atoms with Gasteiger partial charge in [0.1, 0.15) is 18.0 Å². The topological polar surface area (TPSA) is 68.5 Å². The Hall–Kier alpha value is -4.04. The quantitative estimate of drug-likeness (QED) is 0.429. The summed E-state index contributed by atoms with van der Waals surface area (Å²) in [7, 11) is 0. The molecule has 178 valence electrons. The van der Waals surface area contributed by atoms with Crippen molar-refractivity contribution in [1.29, 1.82) is 0 Å². The summed E-state index contributed by atoms with van der Waals surface area (Å²) in [4.78, 5) is 21.8. The molecule has 1 amide bonds. The predicted octanol–water partition coefficient (Wildman–Crippen LogP) is 3.60. The molecule has 2 aliphatic rings. The Balaban J connectivity index is 1.00. The van der Waals surface area contributed by atoms with Gasteiger partial charge in [-0.1, -0.05) is 12.1 Å². The van der Waals surface area contributed by atoms with Crippen LogP contribution in [0, 0.1) is 0 Å². The van der Waals surface area contributed by atoms with E-state index in [1.165, 1.54) is 5.56 Å². The number of pyridine rings is 1. The molecule has 1 saturated heterocycles. The first-order chi connectivity index (χ1) is 17.2. The van der Waals surface area contributed by atoms with Gasteiger partial charge in [0.25, 0.3) is 5.91 Å². The summed E-state index contributed by atoms with van der Waals surface area (Å²) < 4.78 is 18.7. The van der Waals surface area contributed by atoms with Crippen LogP contribution in [0.4, 0.5) is 0 Å². The average molecular weight is 471 g/mol. The van der Waals surface area contributed by atoms with Crippen LogP contribution in [0.15, 0.2) is 73.1 Å². The van der Waals surface area contributed by atoms with Crippen LogP contribution in [0.3, 0.4) is 0 Å². The average Bonchev–Trinajstić information content (AvgIpc) is 3.54. The van der Waals surface area contributed by atoms with Gasteiger partial charge < -0.3 is 23.5 Å². The summed E-state index contributed by atoms with van der Waals surface area (Å²) in [5, 5.41) is 0. The van der Waals surface area contributed by atoms with E-state index in [0.29, 0.717) is 31.0 Å². The van der Waals surface area contributed by atoms with Crippen LogP contribution < -0.4 is 14.2 Å². The Morgan fingerprint density at radius 2 is 1.77 bits per heavy atom. The van der Waals surface area contributed by atoms with Gasteiger partial charge in [-0.15, -0.1) is 0 Å². The second kappa shape index (κ2) is 9.31. The predicted molar refractivity (Wildman–Crippen MR) is 130 cm³/mol. The van der Waals surface area contributed by atoms with E-state index in [2.05, 4.69) is 16.0 Å². The summed E-state index contributed by atoms with van der Waals surface area (Å²) >= 11 is 0. The number of amides is 1. The molecule has 2 aromatic heterocycles. The Morgan fingerprint density at radius 1 is 0.943 bits per heavy atom. The number of benzene rings is 2. The second-order valence-electron chi connectivity index (χ2n) is 8.77. The number of hydrogen-bond acceptors (Lipinski definition) is 6. The number of rotatable bonds is 6. The van der Waals surface area contributed by atoms with Crippen molar-refractivity contribution in [1.82, 2.24) is 19.2 Å². The standard InChI is InChI=1S/C27H26N4O4/c32-27(30-13-11-29(12-14-30)16-20-4-9-24-25(15-20)35-19-34-24)21-5-7-23(8-6-21)33-18-22-17-31-10-2-1-3-26(31)28-22/h1-10,15,17H,11-14,16,18-19H2. The van der Waals surface area contributed by atoms with Crippen LogP contribution in [0.1, 0.15) is 21.6 Å². The minimum absolute atomic E-state index is 0.0552. The fourth-order valence-corrected chi connectivity index (χ4v) is 4.50. The Morgan fingerprint density at radius 3 is 2.60 bits per heavy atom.